The number of hydrogen-bond acceptors (Lipinski definition) is 4. The minimum atomic E-state index is 0.611. The first-order valence-corrected chi connectivity index (χ1v) is 3.84. The van der Waals surface area contributed by atoms with E-state index in [1.807, 2.05) is 20.0 Å². The van der Waals surface area contributed by atoms with Crippen LogP contribution in [0, 0.1) is 6.92 Å². The summed E-state index contributed by atoms with van der Waals surface area (Å²) in [7, 11) is 4.18. The molecule has 0 spiro atoms. The molecule has 0 amide bonds. The number of hydrogen-bond donors (Lipinski definition) is 2. The summed E-state index contributed by atoms with van der Waals surface area (Å²) in [5, 5.41) is 5.74. The molecule has 4 nitrogen and oxygen atoms in total. The average Bonchev–Trinajstić information content (AvgIpc) is 2.03. The quantitative estimate of drug-likeness (QED) is 0.651. The summed E-state index contributed by atoms with van der Waals surface area (Å²) in [6.45, 7) is 1.92. The van der Waals surface area contributed by atoms with Crippen LogP contribution in [0.4, 0.5) is 11.8 Å². The molecule has 0 bridgehead atoms. The molecule has 0 aliphatic carbocycles. The average molecular weight is 170 g/mol. The Bertz CT molecular complexity index is 228. The Morgan fingerprint density at radius 1 is 1.45 bits per heavy atom. The van der Waals surface area contributed by atoms with E-state index in [-0.39, 0.29) is 0 Å². The molecule has 0 aromatic carbocycles. The van der Waals surface area contributed by atoms with Crippen molar-refractivity contribution in [3.63, 3.8) is 0 Å². The highest BCUT2D eigenvalue weighted by Crippen LogP contribution is 2.09. The molecule has 60 valence electrons. The summed E-state index contributed by atoms with van der Waals surface area (Å²) in [5.74, 6) is 1.43. The Morgan fingerprint density at radius 2 is 2.18 bits per heavy atom. The predicted octanol–water partition coefficient (Wildman–Crippen LogP) is 1.03. The van der Waals surface area contributed by atoms with Crippen LogP contribution in [0.15, 0.2) is 6.07 Å². The molecule has 5 heteroatoms. The van der Waals surface area contributed by atoms with E-state index in [2.05, 4.69) is 29.8 Å². The Labute approximate surface area is 68.1 Å². The minimum Gasteiger partial charge on any atom is -0.373 e. The fraction of sp³-hybridized carbons (Fsp3) is 0.333. The van der Waals surface area contributed by atoms with Crippen LogP contribution in [0.2, 0.25) is 0 Å². The maximum absolute atomic E-state index is 4.12. The van der Waals surface area contributed by atoms with Crippen LogP contribution in [0.25, 0.3) is 0 Å². The van der Waals surface area contributed by atoms with Crippen LogP contribution in [0.5, 0.6) is 0 Å². The fourth-order valence-electron chi connectivity index (χ4n) is 0.761. The van der Waals surface area contributed by atoms with Crippen LogP contribution in [0.1, 0.15) is 5.69 Å². The summed E-state index contributed by atoms with van der Waals surface area (Å²) in [6, 6.07) is 1.88. The Kier molecular flexibility index (Phi) is 2.60. The van der Waals surface area contributed by atoms with Gasteiger partial charge in [-0.2, -0.15) is 4.98 Å². The second-order valence-corrected chi connectivity index (χ2v) is 2.40. The van der Waals surface area contributed by atoms with Crippen molar-refractivity contribution in [2.24, 2.45) is 0 Å². The highest BCUT2D eigenvalue weighted by molar-refractivity contribution is 7.18. The van der Waals surface area contributed by atoms with Crippen molar-refractivity contribution in [3.8, 4) is 0 Å². The number of nitrogens with zero attached hydrogens (tertiary/aromatic N) is 2. The van der Waals surface area contributed by atoms with Gasteiger partial charge in [-0.05, 0) is 16.3 Å². The van der Waals surface area contributed by atoms with Gasteiger partial charge in [-0.15, -0.1) is 0 Å². The monoisotopic (exact) mass is 170 g/mol. The van der Waals surface area contributed by atoms with E-state index in [1.165, 1.54) is 0 Å². The first-order chi connectivity index (χ1) is 5.26. The molecule has 0 fully saturated rings. The molecule has 1 aromatic heterocycles. The van der Waals surface area contributed by atoms with E-state index >= 15 is 0 Å². The smallest absolute Gasteiger partial charge is 0.227 e. The lowest BCUT2D eigenvalue weighted by molar-refractivity contribution is 1.11. The van der Waals surface area contributed by atoms with Gasteiger partial charge in [0.1, 0.15) is 5.82 Å². The molecule has 1 aromatic rings. The van der Waals surface area contributed by atoms with E-state index in [4.69, 9.17) is 0 Å². The molecule has 0 radical (unpaired) electrons. The zero-order valence-electron chi connectivity index (χ0n) is 6.55. The summed E-state index contributed by atoms with van der Waals surface area (Å²) in [5.41, 5.74) is 0.939. The van der Waals surface area contributed by atoms with Crippen LogP contribution >= 0.6 is 9.39 Å². The van der Waals surface area contributed by atoms with Crippen molar-refractivity contribution < 1.29 is 0 Å². The number of aryl methyl sites for hydroxylation is 1. The molecule has 1 rings (SSSR count). The largest absolute Gasteiger partial charge is 0.373 e. The van der Waals surface area contributed by atoms with Gasteiger partial charge < -0.3 is 10.4 Å². The molecule has 2 N–H and O–H groups in total. The molecule has 0 saturated carbocycles. The van der Waals surface area contributed by atoms with Gasteiger partial charge in [0.25, 0.3) is 0 Å². The normalized spacial score (nSPS) is 9.36. The van der Waals surface area contributed by atoms with Crippen molar-refractivity contribution in [3.05, 3.63) is 11.8 Å². The lowest BCUT2D eigenvalue weighted by Gasteiger charge is -2.03. The fourth-order valence-corrected chi connectivity index (χ4v) is 0.890. The van der Waals surface area contributed by atoms with E-state index in [1.54, 1.807) is 0 Å². The molecule has 1 unspecified atom stereocenters. The van der Waals surface area contributed by atoms with Crippen molar-refractivity contribution >= 4 is 21.2 Å². The maximum atomic E-state index is 4.12. The van der Waals surface area contributed by atoms with E-state index in [9.17, 15) is 0 Å². The van der Waals surface area contributed by atoms with Crippen LogP contribution in [-0.2, 0) is 0 Å². The Balaban J connectivity index is 3.02. The predicted molar refractivity (Wildman–Crippen MR) is 49.6 cm³/mol. The van der Waals surface area contributed by atoms with Gasteiger partial charge in [0.2, 0.25) is 5.95 Å². The van der Waals surface area contributed by atoms with Crippen molar-refractivity contribution in [2.75, 3.05) is 17.5 Å². The topological polar surface area (TPSA) is 49.8 Å². The standard InChI is InChI=1S/C6H11N4P/c1-4-3-5(7-2)9-6(8-4)10-11/h3H,11H2,1-2H3,(H2,7,8,9,10). The van der Waals surface area contributed by atoms with E-state index in [0.717, 1.165) is 11.5 Å². The summed E-state index contributed by atoms with van der Waals surface area (Å²) in [6.07, 6.45) is 0. The molecule has 1 atom stereocenters. The highest BCUT2D eigenvalue weighted by Gasteiger charge is 1.96. The van der Waals surface area contributed by atoms with Crippen molar-refractivity contribution in [1.29, 1.82) is 0 Å². The molecule has 0 saturated heterocycles. The number of aromatic nitrogens is 2. The summed E-state index contributed by atoms with van der Waals surface area (Å²) < 4.78 is 0. The highest BCUT2D eigenvalue weighted by atomic mass is 31.0. The molecule has 1 heterocycles. The number of anilines is 2. The van der Waals surface area contributed by atoms with Crippen molar-refractivity contribution in [2.45, 2.75) is 6.92 Å². The zero-order chi connectivity index (χ0) is 8.27. The van der Waals surface area contributed by atoms with Gasteiger partial charge in [0, 0.05) is 18.8 Å². The van der Waals surface area contributed by atoms with Gasteiger partial charge in [0.15, 0.2) is 0 Å². The molecule has 0 aliphatic heterocycles. The third-order valence-corrected chi connectivity index (χ3v) is 1.50. The lowest BCUT2D eigenvalue weighted by atomic mass is 10.4. The Morgan fingerprint density at radius 3 is 2.73 bits per heavy atom. The third-order valence-electron chi connectivity index (χ3n) is 1.24. The molecular formula is C6H11N4P. The summed E-state index contributed by atoms with van der Waals surface area (Å²) in [4.78, 5) is 8.23. The molecular weight excluding hydrogens is 159 g/mol. The summed E-state index contributed by atoms with van der Waals surface area (Å²) >= 11 is 0. The SMILES string of the molecule is CNc1cc(C)nc(NP)n1. The van der Waals surface area contributed by atoms with Gasteiger partial charge in [-0.25, -0.2) is 4.98 Å². The van der Waals surface area contributed by atoms with Gasteiger partial charge in [-0.3, -0.25) is 0 Å². The van der Waals surface area contributed by atoms with Gasteiger partial charge >= 0.3 is 0 Å². The van der Waals surface area contributed by atoms with Gasteiger partial charge in [0.05, 0.1) is 0 Å². The maximum Gasteiger partial charge on any atom is 0.227 e. The first kappa shape index (κ1) is 8.21. The number of nitrogens with one attached hydrogen (secondary N) is 2. The number of rotatable bonds is 2. The van der Waals surface area contributed by atoms with E-state index in [0.29, 0.717) is 5.95 Å². The second kappa shape index (κ2) is 3.49. The van der Waals surface area contributed by atoms with Crippen molar-refractivity contribution in [1.82, 2.24) is 9.97 Å². The van der Waals surface area contributed by atoms with Crippen LogP contribution in [-0.4, -0.2) is 17.0 Å². The lowest BCUT2D eigenvalue weighted by Crippen LogP contribution is -1.98. The molecule has 11 heavy (non-hydrogen) atoms. The van der Waals surface area contributed by atoms with Crippen LogP contribution in [0.3, 0.4) is 0 Å². The first-order valence-electron chi connectivity index (χ1n) is 3.26. The van der Waals surface area contributed by atoms with Gasteiger partial charge in [-0.1, -0.05) is 0 Å². The zero-order valence-corrected chi connectivity index (χ0v) is 7.70. The van der Waals surface area contributed by atoms with E-state index < -0.39 is 0 Å². The Hall–Kier alpha value is -0.890. The van der Waals surface area contributed by atoms with Crippen LogP contribution < -0.4 is 10.4 Å². The third kappa shape index (κ3) is 2.02. The molecule has 0 aliphatic rings. The second-order valence-electron chi connectivity index (χ2n) is 2.11. The minimum absolute atomic E-state index is 0.611.